The number of carbonyl (C=O) groups is 1. The van der Waals surface area contributed by atoms with Gasteiger partial charge in [-0.1, -0.05) is 26.0 Å². The lowest BCUT2D eigenvalue weighted by molar-refractivity contribution is -0.142. The van der Waals surface area contributed by atoms with E-state index < -0.39 is 17.2 Å². The Hall–Kier alpha value is -1.89. The zero-order valence-corrected chi connectivity index (χ0v) is 14.3. The van der Waals surface area contributed by atoms with E-state index in [0.29, 0.717) is 30.6 Å². The molecule has 0 saturated carbocycles. The van der Waals surface area contributed by atoms with Crippen LogP contribution >= 0.6 is 0 Å². The van der Waals surface area contributed by atoms with Crippen molar-refractivity contribution < 1.29 is 18.0 Å². The van der Waals surface area contributed by atoms with Gasteiger partial charge in [0.1, 0.15) is 0 Å². The molecule has 7 heteroatoms. The lowest BCUT2D eigenvalue weighted by Crippen LogP contribution is -2.48. The third-order valence-corrected chi connectivity index (χ3v) is 5.30. The fourth-order valence-corrected chi connectivity index (χ4v) is 3.70. The van der Waals surface area contributed by atoms with Gasteiger partial charge in [0, 0.05) is 37.4 Å². The minimum atomic E-state index is -4.44. The SMILES string of the molecule is CC(C)C1(C(=O)N2CCc3ncc(C(F)(F)F)cc3C2)C=CC(N)C1. The van der Waals surface area contributed by atoms with Gasteiger partial charge < -0.3 is 10.6 Å². The fraction of sp³-hybridized carbons (Fsp3) is 0.556. The van der Waals surface area contributed by atoms with Crippen LogP contribution in [0, 0.1) is 11.3 Å². The summed E-state index contributed by atoms with van der Waals surface area (Å²) in [5, 5.41) is 0. The third-order valence-electron chi connectivity index (χ3n) is 5.30. The van der Waals surface area contributed by atoms with Crippen LogP contribution in [-0.4, -0.2) is 28.4 Å². The minimum absolute atomic E-state index is 0.0604. The maximum absolute atomic E-state index is 13.2. The first-order valence-corrected chi connectivity index (χ1v) is 8.43. The number of nitrogens with two attached hydrogens (primary N) is 1. The summed E-state index contributed by atoms with van der Waals surface area (Å²) < 4.78 is 38.8. The van der Waals surface area contributed by atoms with Crippen LogP contribution in [0.4, 0.5) is 13.2 Å². The summed E-state index contributed by atoms with van der Waals surface area (Å²) in [5.41, 5.74) is 5.62. The molecule has 4 nitrogen and oxygen atoms in total. The first kappa shape index (κ1) is 17.9. The molecule has 1 aromatic rings. The van der Waals surface area contributed by atoms with Crippen molar-refractivity contribution in [1.29, 1.82) is 0 Å². The van der Waals surface area contributed by atoms with Gasteiger partial charge in [0.15, 0.2) is 0 Å². The Morgan fingerprint density at radius 1 is 1.44 bits per heavy atom. The normalized spacial score (nSPS) is 26.2. The van der Waals surface area contributed by atoms with E-state index in [9.17, 15) is 18.0 Å². The zero-order valence-electron chi connectivity index (χ0n) is 14.3. The molecular formula is C18H22F3N3O. The van der Waals surface area contributed by atoms with Crippen LogP contribution in [0.1, 0.15) is 37.1 Å². The molecule has 1 aliphatic carbocycles. The van der Waals surface area contributed by atoms with Gasteiger partial charge in [-0.25, -0.2) is 0 Å². The van der Waals surface area contributed by atoms with Crippen LogP contribution in [0.2, 0.25) is 0 Å². The molecule has 0 spiro atoms. The minimum Gasteiger partial charge on any atom is -0.337 e. The van der Waals surface area contributed by atoms with Crippen LogP contribution in [0.3, 0.4) is 0 Å². The average Bonchev–Trinajstić information content (AvgIpc) is 2.95. The summed E-state index contributed by atoms with van der Waals surface area (Å²) in [6.45, 7) is 4.56. The largest absolute Gasteiger partial charge is 0.417 e. The predicted molar refractivity (Wildman–Crippen MR) is 87.4 cm³/mol. The molecule has 3 rings (SSSR count). The molecule has 1 amide bonds. The van der Waals surface area contributed by atoms with Gasteiger partial charge in [0.25, 0.3) is 0 Å². The molecule has 0 aromatic carbocycles. The van der Waals surface area contributed by atoms with E-state index in [2.05, 4.69) is 4.98 Å². The first-order valence-electron chi connectivity index (χ1n) is 8.43. The van der Waals surface area contributed by atoms with Crippen molar-refractivity contribution in [2.45, 2.75) is 45.5 Å². The zero-order chi connectivity index (χ0) is 18.4. The number of rotatable bonds is 2. The number of fused-ring (bicyclic) bond motifs is 1. The Bertz CT molecular complexity index is 714. The van der Waals surface area contributed by atoms with Crippen molar-refractivity contribution >= 4 is 5.91 Å². The molecule has 1 aromatic heterocycles. The summed E-state index contributed by atoms with van der Waals surface area (Å²) in [6, 6.07) is 0.946. The van der Waals surface area contributed by atoms with Gasteiger partial charge in [-0.3, -0.25) is 9.78 Å². The molecule has 2 aliphatic rings. The summed E-state index contributed by atoms with van der Waals surface area (Å²) in [7, 11) is 0. The van der Waals surface area contributed by atoms with Crippen molar-refractivity contribution in [1.82, 2.24) is 9.88 Å². The quantitative estimate of drug-likeness (QED) is 0.832. The Morgan fingerprint density at radius 3 is 2.72 bits per heavy atom. The van der Waals surface area contributed by atoms with Gasteiger partial charge in [-0.05, 0) is 24.0 Å². The second kappa shape index (κ2) is 6.12. The first-order chi connectivity index (χ1) is 11.6. The second-order valence-electron chi connectivity index (χ2n) is 7.23. The lowest BCUT2D eigenvalue weighted by atomic mass is 9.74. The topological polar surface area (TPSA) is 59.2 Å². The van der Waals surface area contributed by atoms with Gasteiger partial charge in [-0.15, -0.1) is 0 Å². The molecule has 2 N–H and O–H groups in total. The number of hydrogen-bond acceptors (Lipinski definition) is 3. The van der Waals surface area contributed by atoms with E-state index in [1.165, 1.54) is 0 Å². The molecule has 0 saturated heterocycles. The molecule has 2 unspecified atom stereocenters. The molecule has 1 aliphatic heterocycles. The van der Waals surface area contributed by atoms with Crippen molar-refractivity contribution in [3.63, 3.8) is 0 Å². The highest BCUT2D eigenvalue weighted by Crippen LogP contribution is 2.41. The summed E-state index contributed by atoms with van der Waals surface area (Å²) in [4.78, 5) is 18.8. The van der Waals surface area contributed by atoms with E-state index in [1.54, 1.807) is 4.90 Å². The number of carbonyl (C=O) groups excluding carboxylic acids is 1. The van der Waals surface area contributed by atoms with Crippen molar-refractivity contribution in [3.05, 3.63) is 41.2 Å². The molecule has 25 heavy (non-hydrogen) atoms. The van der Waals surface area contributed by atoms with Crippen LogP contribution < -0.4 is 5.73 Å². The molecule has 0 fully saturated rings. The monoisotopic (exact) mass is 353 g/mol. The van der Waals surface area contributed by atoms with E-state index in [0.717, 1.165) is 12.3 Å². The number of pyridine rings is 1. The van der Waals surface area contributed by atoms with E-state index in [1.807, 2.05) is 26.0 Å². The third kappa shape index (κ3) is 3.17. The standard InChI is InChI=1S/C18H22F3N3O/c1-11(2)17(5-3-14(22)8-17)16(25)24-6-4-15-12(10-24)7-13(9-23-15)18(19,20)21/h3,5,7,9,11,14H,4,6,8,10,22H2,1-2H3. The van der Waals surface area contributed by atoms with Gasteiger partial charge in [0.2, 0.25) is 5.91 Å². The number of nitrogens with zero attached hydrogens (tertiary/aromatic N) is 2. The van der Waals surface area contributed by atoms with Crippen LogP contribution in [0.15, 0.2) is 24.4 Å². The van der Waals surface area contributed by atoms with Crippen molar-refractivity contribution in [2.24, 2.45) is 17.1 Å². The molecule has 0 radical (unpaired) electrons. The Labute approximate surface area is 144 Å². The van der Waals surface area contributed by atoms with Crippen molar-refractivity contribution in [3.8, 4) is 0 Å². The fourth-order valence-electron chi connectivity index (χ4n) is 3.70. The number of hydrogen-bond donors (Lipinski definition) is 1. The summed E-state index contributed by atoms with van der Waals surface area (Å²) >= 11 is 0. The predicted octanol–water partition coefficient (Wildman–Crippen LogP) is 2.91. The molecular weight excluding hydrogens is 331 g/mol. The summed E-state index contributed by atoms with van der Waals surface area (Å²) in [5.74, 6) is 0.000549. The number of amides is 1. The second-order valence-corrected chi connectivity index (χ2v) is 7.23. The highest BCUT2D eigenvalue weighted by Gasteiger charge is 2.46. The van der Waals surface area contributed by atoms with Gasteiger partial charge in [-0.2, -0.15) is 13.2 Å². The average molecular weight is 353 g/mol. The van der Waals surface area contributed by atoms with Gasteiger partial charge in [0.05, 0.1) is 11.0 Å². The molecule has 136 valence electrons. The van der Waals surface area contributed by atoms with Crippen LogP contribution in [0.25, 0.3) is 0 Å². The Kier molecular flexibility index (Phi) is 4.39. The molecule has 2 atom stereocenters. The molecule has 0 bridgehead atoms. The van der Waals surface area contributed by atoms with E-state index >= 15 is 0 Å². The van der Waals surface area contributed by atoms with Crippen LogP contribution in [-0.2, 0) is 23.9 Å². The molecule has 2 heterocycles. The lowest BCUT2D eigenvalue weighted by Gasteiger charge is -2.38. The summed E-state index contributed by atoms with van der Waals surface area (Å²) in [6.07, 6.45) is 1.15. The smallest absolute Gasteiger partial charge is 0.337 e. The highest BCUT2D eigenvalue weighted by atomic mass is 19.4. The maximum Gasteiger partial charge on any atom is 0.417 e. The number of alkyl halides is 3. The van der Waals surface area contributed by atoms with Gasteiger partial charge >= 0.3 is 6.18 Å². The number of aromatic nitrogens is 1. The van der Waals surface area contributed by atoms with Crippen LogP contribution in [0.5, 0.6) is 0 Å². The van der Waals surface area contributed by atoms with E-state index in [4.69, 9.17) is 5.73 Å². The van der Waals surface area contributed by atoms with Crippen molar-refractivity contribution in [2.75, 3.05) is 6.54 Å². The Balaban J connectivity index is 1.87. The maximum atomic E-state index is 13.2. The highest BCUT2D eigenvalue weighted by molar-refractivity contribution is 5.86. The Morgan fingerprint density at radius 2 is 2.16 bits per heavy atom. The van der Waals surface area contributed by atoms with E-state index in [-0.39, 0.29) is 24.4 Å². The number of halogens is 3.